The molecule has 0 atom stereocenters. The molecule has 0 radical (unpaired) electrons. The Bertz CT molecular complexity index is 163. The number of hydrogen-bond donors (Lipinski definition) is 0. The molecule has 0 bridgehead atoms. The summed E-state index contributed by atoms with van der Waals surface area (Å²) in [6.45, 7) is 3.80. The van der Waals surface area contributed by atoms with E-state index in [0.29, 0.717) is 0 Å². The molecule has 0 fully saturated rings. The van der Waals surface area contributed by atoms with Gasteiger partial charge in [0.1, 0.15) is 0 Å². The van der Waals surface area contributed by atoms with Gasteiger partial charge in [-0.3, -0.25) is 0 Å². The smallest absolute Gasteiger partial charge is 0.00356 e. The van der Waals surface area contributed by atoms with Crippen LogP contribution in [-0.4, -0.2) is 0 Å². The lowest BCUT2D eigenvalue weighted by atomic mass is 10.1. The molecule has 8 heavy (non-hydrogen) atoms. The monoisotopic (exact) mass is 218 g/mol. The Morgan fingerprint density at radius 2 is 2.38 bits per heavy atom. The topological polar surface area (TPSA) is 0 Å². The minimum absolute atomic E-state index is 1.08. The normalized spacial score (nSPS) is 18.6. The molecule has 0 N–H and O–H groups in total. The van der Waals surface area contributed by atoms with Crippen LogP contribution in [0.1, 0.15) is 6.42 Å². The van der Waals surface area contributed by atoms with Gasteiger partial charge in [0, 0.05) is 0 Å². The van der Waals surface area contributed by atoms with Crippen molar-refractivity contribution < 1.29 is 0 Å². The van der Waals surface area contributed by atoms with Crippen LogP contribution in [0.25, 0.3) is 0 Å². The van der Waals surface area contributed by atoms with Crippen molar-refractivity contribution in [3.8, 4) is 0 Å². The summed E-state index contributed by atoms with van der Waals surface area (Å²) in [6, 6.07) is 0. The lowest BCUT2D eigenvalue weighted by Gasteiger charge is -1.99. The predicted octanol–water partition coefficient (Wildman–Crippen LogP) is 2.82. The van der Waals surface area contributed by atoms with E-state index >= 15 is 0 Å². The molecule has 0 saturated heterocycles. The second-order valence-corrected chi connectivity index (χ2v) is 3.16. The van der Waals surface area contributed by atoms with Gasteiger partial charge in [-0.1, -0.05) is 18.7 Å². The van der Waals surface area contributed by atoms with Gasteiger partial charge < -0.3 is 0 Å². The molecule has 0 aromatic heterocycles. The van der Waals surface area contributed by atoms with Crippen LogP contribution in [0.15, 0.2) is 34.0 Å². The first-order valence-electron chi connectivity index (χ1n) is 2.50. The largest absolute Gasteiger partial charge is 0.0917 e. The fraction of sp³-hybridized carbons (Fsp3) is 0.143. The standard InChI is InChI=1S/C7H7I/c1-6-3-2-4-7(8)5-6/h2-3,5H,1,4H2. The lowest BCUT2D eigenvalue weighted by Crippen LogP contribution is -1.78. The lowest BCUT2D eigenvalue weighted by molar-refractivity contribution is 1.33. The van der Waals surface area contributed by atoms with Crippen molar-refractivity contribution >= 4 is 22.6 Å². The average Bonchev–Trinajstić information content (AvgIpc) is 1.64. The molecular weight excluding hydrogens is 211 g/mol. The number of rotatable bonds is 0. The molecule has 0 aromatic carbocycles. The molecule has 0 unspecified atom stereocenters. The first-order valence-corrected chi connectivity index (χ1v) is 3.58. The van der Waals surface area contributed by atoms with E-state index in [4.69, 9.17) is 0 Å². The van der Waals surface area contributed by atoms with Gasteiger partial charge in [0.2, 0.25) is 0 Å². The molecule has 0 amide bonds. The minimum Gasteiger partial charge on any atom is -0.0917 e. The van der Waals surface area contributed by atoms with Crippen LogP contribution in [0.2, 0.25) is 0 Å². The SMILES string of the molecule is C=C1C=CCC(I)=C1. The van der Waals surface area contributed by atoms with Gasteiger partial charge in [0.25, 0.3) is 0 Å². The summed E-state index contributed by atoms with van der Waals surface area (Å²) < 4.78 is 1.37. The van der Waals surface area contributed by atoms with Gasteiger partial charge in [-0.2, -0.15) is 0 Å². The van der Waals surface area contributed by atoms with Gasteiger partial charge in [0.05, 0.1) is 0 Å². The third-order valence-corrected chi connectivity index (χ3v) is 1.74. The van der Waals surface area contributed by atoms with E-state index < -0.39 is 0 Å². The molecule has 0 heterocycles. The van der Waals surface area contributed by atoms with Gasteiger partial charge in [-0.15, -0.1) is 0 Å². The van der Waals surface area contributed by atoms with Crippen molar-refractivity contribution in [2.24, 2.45) is 0 Å². The second-order valence-electron chi connectivity index (χ2n) is 1.77. The molecule has 0 aromatic rings. The molecule has 0 aliphatic heterocycles. The molecule has 1 heteroatoms. The zero-order valence-corrected chi connectivity index (χ0v) is 6.68. The van der Waals surface area contributed by atoms with Crippen molar-refractivity contribution in [1.82, 2.24) is 0 Å². The summed E-state index contributed by atoms with van der Waals surface area (Å²) in [5.74, 6) is 0. The van der Waals surface area contributed by atoms with E-state index in [9.17, 15) is 0 Å². The maximum atomic E-state index is 3.80. The summed E-state index contributed by atoms with van der Waals surface area (Å²) in [4.78, 5) is 0. The molecule has 1 aliphatic carbocycles. The fourth-order valence-electron chi connectivity index (χ4n) is 0.631. The molecule has 0 saturated carbocycles. The van der Waals surface area contributed by atoms with E-state index in [1.54, 1.807) is 0 Å². The fourth-order valence-corrected chi connectivity index (χ4v) is 1.29. The van der Waals surface area contributed by atoms with Crippen molar-refractivity contribution in [2.45, 2.75) is 6.42 Å². The third-order valence-electron chi connectivity index (χ3n) is 0.987. The molecule has 0 nitrogen and oxygen atoms in total. The van der Waals surface area contributed by atoms with Gasteiger partial charge in [-0.25, -0.2) is 0 Å². The Labute approximate surface area is 63.1 Å². The summed E-state index contributed by atoms with van der Waals surface area (Å²) in [5, 5.41) is 0. The van der Waals surface area contributed by atoms with Gasteiger partial charge in [0.15, 0.2) is 0 Å². The van der Waals surface area contributed by atoms with Crippen LogP contribution >= 0.6 is 22.6 Å². The Balaban J connectivity index is 2.74. The zero-order chi connectivity index (χ0) is 5.98. The minimum atomic E-state index is 1.08. The molecule has 42 valence electrons. The number of hydrogen-bond acceptors (Lipinski definition) is 0. The Kier molecular flexibility index (Phi) is 1.89. The van der Waals surface area contributed by atoms with E-state index in [2.05, 4.69) is 41.3 Å². The highest BCUT2D eigenvalue weighted by Crippen LogP contribution is 2.19. The quantitative estimate of drug-likeness (QED) is 0.548. The Morgan fingerprint density at radius 3 is 2.75 bits per heavy atom. The molecule has 0 spiro atoms. The first kappa shape index (κ1) is 6.08. The van der Waals surface area contributed by atoms with E-state index in [1.807, 2.05) is 6.08 Å². The van der Waals surface area contributed by atoms with Crippen LogP contribution in [0.5, 0.6) is 0 Å². The van der Waals surface area contributed by atoms with Gasteiger partial charge >= 0.3 is 0 Å². The van der Waals surface area contributed by atoms with Crippen molar-refractivity contribution in [3.63, 3.8) is 0 Å². The average molecular weight is 218 g/mol. The highest BCUT2D eigenvalue weighted by molar-refractivity contribution is 14.1. The third kappa shape index (κ3) is 1.47. The van der Waals surface area contributed by atoms with Crippen molar-refractivity contribution in [3.05, 3.63) is 34.0 Å². The maximum Gasteiger partial charge on any atom is -0.00356 e. The van der Waals surface area contributed by atoms with Crippen LogP contribution in [-0.2, 0) is 0 Å². The summed E-state index contributed by atoms with van der Waals surface area (Å²) >= 11 is 2.32. The molecule has 1 aliphatic rings. The predicted molar refractivity (Wildman–Crippen MR) is 45.0 cm³/mol. The molecular formula is C7H7I. The van der Waals surface area contributed by atoms with Gasteiger partial charge in [-0.05, 0) is 44.2 Å². The number of allylic oxidation sites excluding steroid dienone is 5. The highest BCUT2D eigenvalue weighted by atomic mass is 127. The zero-order valence-electron chi connectivity index (χ0n) is 4.52. The maximum absolute atomic E-state index is 3.80. The van der Waals surface area contributed by atoms with Crippen LogP contribution < -0.4 is 0 Å². The van der Waals surface area contributed by atoms with Crippen molar-refractivity contribution in [2.75, 3.05) is 0 Å². The van der Waals surface area contributed by atoms with Crippen LogP contribution in [0, 0.1) is 0 Å². The Morgan fingerprint density at radius 1 is 1.62 bits per heavy atom. The number of halogens is 1. The highest BCUT2D eigenvalue weighted by Gasteiger charge is 1.93. The second kappa shape index (κ2) is 2.49. The van der Waals surface area contributed by atoms with E-state index in [1.165, 1.54) is 3.58 Å². The first-order chi connectivity index (χ1) is 3.79. The summed E-state index contributed by atoms with van der Waals surface area (Å²) in [6.07, 6.45) is 7.35. The van der Waals surface area contributed by atoms with Crippen molar-refractivity contribution in [1.29, 1.82) is 0 Å². The Hall–Kier alpha value is -0.0500. The summed E-state index contributed by atoms with van der Waals surface area (Å²) in [7, 11) is 0. The van der Waals surface area contributed by atoms with Crippen LogP contribution in [0.3, 0.4) is 0 Å². The molecule has 1 rings (SSSR count). The summed E-state index contributed by atoms with van der Waals surface area (Å²) in [5.41, 5.74) is 1.11. The van der Waals surface area contributed by atoms with E-state index in [0.717, 1.165) is 12.0 Å². The van der Waals surface area contributed by atoms with E-state index in [-0.39, 0.29) is 0 Å². The van der Waals surface area contributed by atoms with Crippen LogP contribution in [0.4, 0.5) is 0 Å².